The monoisotopic (exact) mass is 221 g/mol. The van der Waals surface area contributed by atoms with Crippen molar-refractivity contribution >= 4 is 11.7 Å². The first-order valence-electron chi connectivity index (χ1n) is 5.39. The quantitative estimate of drug-likeness (QED) is 0.579. The third-order valence-electron chi connectivity index (χ3n) is 2.34. The summed E-state index contributed by atoms with van der Waals surface area (Å²) >= 11 is 0. The van der Waals surface area contributed by atoms with Gasteiger partial charge >= 0.3 is 0 Å². The third-order valence-corrected chi connectivity index (χ3v) is 2.34. The number of anilines is 1. The van der Waals surface area contributed by atoms with Gasteiger partial charge in [0.25, 0.3) is 0 Å². The maximum absolute atomic E-state index is 7.43. The number of nitrogens with zero attached hydrogens (tertiary/aromatic N) is 3. The maximum Gasteiger partial charge on any atom is 0.158 e. The summed E-state index contributed by atoms with van der Waals surface area (Å²) in [5.41, 5.74) is 5.91. The molecule has 0 aliphatic heterocycles. The standard InChI is InChI=1S/C11H19N5/c1-8(2)4-7-16(3)11-9(10(12)13)14-5-6-15-11/h5-6,8H,4,7H2,1-3H3,(H3,12,13). The largest absolute Gasteiger partial charge is 0.382 e. The second-order valence-corrected chi connectivity index (χ2v) is 4.25. The van der Waals surface area contributed by atoms with E-state index in [0.717, 1.165) is 13.0 Å². The van der Waals surface area contributed by atoms with Crippen LogP contribution in [0.15, 0.2) is 12.4 Å². The number of nitrogen functional groups attached to an aromatic ring is 1. The highest BCUT2D eigenvalue weighted by Gasteiger charge is 2.12. The molecule has 0 aliphatic rings. The molecular formula is C11H19N5. The first-order chi connectivity index (χ1) is 7.52. The lowest BCUT2D eigenvalue weighted by molar-refractivity contribution is 0.583. The van der Waals surface area contributed by atoms with Crippen LogP contribution in [0.25, 0.3) is 0 Å². The van der Waals surface area contributed by atoms with Gasteiger partial charge in [0, 0.05) is 26.0 Å². The number of rotatable bonds is 5. The van der Waals surface area contributed by atoms with Crippen LogP contribution in [0.5, 0.6) is 0 Å². The van der Waals surface area contributed by atoms with Gasteiger partial charge in [-0.1, -0.05) is 13.8 Å². The Morgan fingerprint density at radius 2 is 2.06 bits per heavy atom. The summed E-state index contributed by atoms with van der Waals surface area (Å²) in [6.07, 6.45) is 4.24. The fourth-order valence-electron chi connectivity index (χ4n) is 1.36. The van der Waals surface area contributed by atoms with E-state index in [1.807, 2.05) is 11.9 Å². The molecule has 0 radical (unpaired) electrons. The molecule has 0 saturated carbocycles. The van der Waals surface area contributed by atoms with Gasteiger partial charge in [-0.3, -0.25) is 5.41 Å². The molecule has 5 heteroatoms. The van der Waals surface area contributed by atoms with Gasteiger partial charge in [0.2, 0.25) is 0 Å². The van der Waals surface area contributed by atoms with Crippen molar-refractivity contribution in [1.82, 2.24) is 9.97 Å². The number of aromatic nitrogens is 2. The zero-order valence-corrected chi connectivity index (χ0v) is 10.1. The number of nitrogens with one attached hydrogen (secondary N) is 1. The van der Waals surface area contributed by atoms with E-state index in [1.54, 1.807) is 12.4 Å². The zero-order valence-electron chi connectivity index (χ0n) is 10.1. The Morgan fingerprint density at radius 1 is 1.44 bits per heavy atom. The van der Waals surface area contributed by atoms with Crippen LogP contribution in [-0.4, -0.2) is 29.4 Å². The SMILES string of the molecule is CC(C)CCN(C)c1nccnc1C(=N)N. The molecule has 0 aromatic carbocycles. The van der Waals surface area contributed by atoms with E-state index in [-0.39, 0.29) is 5.84 Å². The Bertz CT molecular complexity index is 361. The number of hydrogen-bond acceptors (Lipinski definition) is 4. The molecule has 1 aromatic heterocycles. The zero-order chi connectivity index (χ0) is 12.1. The Balaban J connectivity index is 2.82. The summed E-state index contributed by atoms with van der Waals surface area (Å²) < 4.78 is 0. The van der Waals surface area contributed by atoms with E-state index in [2.05, 4.69) is 23.8 Å². The topological polar surface area (TPSA) is 78.9 Å². The van der Waals surface area contributed by atoms with Gasteiger partial charge in [0.15, 0.2) is 5.82 Å². The van der Waals surface area contributed by atoms with E-state index in [0.29, 0.717) is 17.4 Å². The van der Waals surface area contributed by atoms with Crippen LogP contribution in [0.2, 0.25) is 0 Å². The molecule has 88 valence electrons. The summed E-state index contributed by atoms with van der Waals surface area (Å²) in [6, 6.07) is 0. The van der Waals surface area contributed by atoms with Gasteiger partial charge < -0.3 is 10.6 Å². The van der Waals surface area contributed by atoms with Crippen LogP contribution in [0.3, 0.4) is 0 Å². The minimum atomic E-state index is -0.0421. The molecule has 0 saturated heterocycles. The number of hydrogen-bond donors (Lipinski definition) is 2. The molecule has 0 unspecified atom stereocenters. The second-order valence-electron chi connectivity index (χ2n) is 4.25. The van der Waals surface area contributed by atoms with E-state index in [4.69, 9.17) is 11.1 Å². The van der Waals surface area contributed by atoms with Crippen LogP contribution in [-0.2, 0) is 0 Å². The summed E-state index contributed by atoms with van der Waals surface area (Å²) in [6.45, 7) is 5.24. The Labute approximate surface area is 96.2 Å². The van der Waals surface area contributed by atoms with Crippen molar-refractivity contribution in [3.05, 3.63) is 18.1 Å². The van der Waals surface area contributed by atoms with Gasteiger partial charge in [0.1, 0.15) is 11.5 Å². The molecule has 1 heterocycles. The molecule has 0 bridgehead atoms. The predicted octanol–water partition coefficient (Wildman–Crippen LogP) is 1.24. The van der Waals surface area contributed by atoms with E-state index in [1.165, 1.54) is 0 Å². The molecular weight excluding hydrogens is 202 g/mol. The Hall–Kier alpha value is -1.65. The maximum atomic E-state index is 7.43. The lowest BCUT2D eigenvalue weighted by Crippen LogP contribution is -2.26. The smallest absolute Gasteiger partial charge is 0.158 e. The molecule has 16 heavy (non-hydrogen) atoms. The van der Waals surface area contributed by atoms with Crippen molar-refractivity contribution in [2.24, 2.45) is 11.7 Å². The predicted molar refractivity (Wildman–Crippen MR) is 65.8 cm³/mol. The molecule has 3 N–H and O–H groups in total. The molecule has 0 fully saturated rings. The molecule has 1 aromatic rings. The van der Waals surface area contributed by atoms with Crippen molar-refractivity contribution in [1.29, 1.82) is 5.41 Å². The number of nitrogens with two attached hydrogens (primary N) is 1. The van der Waals surface area contributed by atoms with Crippen LogP contribution in [0.1, 0.15) is 26.0 Å². The second kappa shape index (κ2) is 5.44. The van der Waals surface area contributed by atoms with E-state index < -0.39 is 0 Å². The van der Waals surface area contributed by atoms with Crippen molar-refractivity contribution in [3.63, 3.8) is 0 Å². The van der Waals surface area contributed by atoms with Crippen molar-refractivity contribution in [2.45, 2.75) is 20.3 Å². The highest BCUT2D eigenvalue weighted by Crippen LogP contribution is 2.13. The lowest BCUT2D eigenvalue weighted by Gasteiger charge is -2.20. The van der Waals surface area contributed by atoms with Crippen molar-refractivity contribution < 1.29 is 0 Å². The minimum absolute atomic E-state index is 0.0421. The summed E-state index contributed by atoms with van der Waals surface area (Å²) in [5, 5.41) is 7.43. The van der Waals surface area contributed by atoms with Gasteiger partial charge in [-0.15, -0.1) is 0 Å². The lowest BCUT2D eigenvalue weighted by atomic mass is 10.1. The van der Waals surface area contributed by atoms with Crippen molar-refractivity contribution in [3.8, 4) is 0 Å². The van der Waals surface area contributed by atoms with E-state index >= 15 is 0 Å². The first kappa shape index (κ1) is 12.4. The molecule has 1 rings (SSSR count). The average molecular weight is 221 g/mol. The van der Waals surface area contributed by atoms with Gasteiger partial charge in [-0.05, 0) is 12.3 Å². The average Bonchev–Trinajstić information content (AvgIpc) is 2.25. The number of amidine groups is 1. The van der Waals surface area contributed by atoms with Gasteiger partial charge in [-0.25, -0.2) is 9.97 Å². The normalized spacial score (nSPS) is 10.5. The molecule has 0 spiro atoms. The van der Waals surface area contributed by atoms with Crippen LogP contribution < -0.4 is 10.6 Å². The molecule has 0 amide bonds. The summed E-state index contributed by atoms with van der Waals surface area (Å²) in [5.74, 6) is 1.27. The highest BCUT2D eigenvalue weighted by atomic mass is 15.2. The van der Waals surface area contributed by atoms with E-state index in [9.17, 15) is 0 Å². The summed E-state index contributed by atoms with van der Waals surface area (Å²) in [4.78, 5) is 10.3. The fraction of sp³-hybridized carbons (Fsp3) is 0.545. The Kier molecular flexibility index (Phi) is 4.22. The third kappa shape index (κ3) is 3.18. The van der Waals surface area contributed by atoms with Gasteiger partial charge in [-0.2, -0.15) is 0 Å². The fourth-order valence-corrected chi connectivity index (χ4v) is 1.36. The Morgan fingerprint density at radius 3 is 2.62 bits per heavy atom. The summed E-state index contributed by atoms with van der Waals surface area (Å²) in [7, 11) is 1.94. The molecule has 0 atom stereocenters. The van der Waals surface area contributed by atoms with Crippen LogP contribution >= 0.6 is 0 Å². The van der Waals surface area contributed by atoms with Crippen LogP contribution in [0.4, 0.5) is 5.82 Å². The van der Waals surface area contributed by atoms with Crippen molar-refractivity contribution in [2.75, 3.05) is 18.5 Å². The highest BCUT2D eigenvalue weighted by molar-refractivity contribution is 5.97. The molecule has 0 aliphatic carbocycles. The minimum Gasteiger partial charge on any atom is -0.382 e. The van der Waals surface area contributed by atoms with Crippen LogP contribution in [0, 0.1) is 11.3 Å². The first-order valence-corrected chi connectivity index (χ1v) is 5.39. The molecule has 5 nitrogen and oxygen atoms in total. The van der Waals surface area contributed by atoms with Gasteiger partial charge in [0.05, 0.1) is 0 Å².